The van der Waals surface area contributed by atoms with Gasteiger partial charge in [0.05, 0.1) is 0 Å². The minimum absolute atomic E-state index is 0. The van der Waals surface area contributed by atoms with Gasteiger partial charge >= 0.3 is 0 Å². The zero-order valence-corrected chi connectivity index (χ0v) is 30.6. The first-order valence-electron chi connectivity index (χ1n) is 15.5. The summed E-state index contributed by atoms with van der Waals surface area (Å²) in [7, 11) is -1.47. The number of benzene rings is 4. The molecule has 0 aliphatic rings. The SMILES string of the molecule is Cc1cccc(P(c2cccc(C)c2C)c2ccc[c-]2P(c2cccc(C)c2C)c2cccc(C)c2C)c1C.[Co].[cH-]1[cH-][cH-][cH-][cH-]1. The molecule has 6 aromatic carbocycles. The molecule has 0 aromatic heterocycles. The molecule has 0 bridgehead atoms. The maximum Gasteiger partial charge on any atom is 0 e. The fourth-order valence-corrected chi connectivity index (χ4v) is 12.0. The van der Waals surface area contributed by atoms with E-state index in [1.165, 1.54) is 76.3 Å². The van der Waals surface area contributed by atoms with E-state index in [1.807, 2.05) is 30.3 Å². The second-order valence-electron chi connectivity index (χ2n) is 11.8. The molecule has 237 valence electrons. The van der Waals surface area contributed by atoms with Crippen LogP contribution in [0.1, 0.15) is 44.5 Å². The molecule has 0 fully saturated rings. The van der Waals surface area contributed by atoms with Crippen molar-refractivity contribution in [3.05, 3.63) is 166 Å². The molecule has 0 aliphatic heterocycles. The maximum absolute atomic E-state index is 2.43. The smallest absolute Gasteiger partial charge is 0 e. The molecule has 6 aromatic rings. The molecule has 0 atom stereocenters. The predicted molar refractivity (Wildman–Crippen MR) is 199 cm³/mol. The summed E-state index contributed by atoms with van der Waals surface area (Å²) in [6.07, 6.45) is 0. The van der Waals surface area contributed by atoms with Crippen molar-refractivity contribution in [2.24, 2.45) is 0 Å². The number of aryl methyl sites for hydroxylation is 4. The van der Waals surface area contributed by atoms with Crippen molar-refractivity contribution in [1.82, 2.24) is 0 Å². The van der Waals surface area contributed by atoms with Crippen LogP contribution in [0.4, 0.5) is 0 Å². The second-order valence-corrected chi connectivity index (χ2v) is 16.0. The second kappa shape index (κ2) is 15.5. The first-order valence-corrected chi connectivity index (χ1v) is 18.2. The Morgan fingerprint density at radius 3 is 1.13 bits per heavy atom. The van der Waals surface area contributed by atoms with Gasteiger partial charge in [0.15, 0.2) is 0 Å². The summed E-state index contributed by atoms with van der Waals surface area (Å²) in [4.78, 5) is 0. The van der Waals surface area contributed by atoms with Crippen molar-refractivity contribution >= 4 is 47.7 Å². The third kappa shape index (κ3) is 7.35. The molecule has 0 N–H and O–H groups in total. The zero-order chi connectivity index (χ0) is 31.4. The van der Waals surface area contributed by atoms with Crippen LogP contribution < -0.4 is 31.8 Å². The van der Waals surface area contributed by atoms with E-state index in [0.29, 0.717) is 0 Å². The van der Waals surface area contributed by atoms with Crippen molar-refractivity contribution in [2.75, 3.05) is 0 Å². The molecule has 0 amide bonds. The Balaban J connectivity index is 0.000000700. The van der Waals surface area contributed by atoms with Gasteiger partial charge in [-0.1, -0.05) is 80.7 Å². The van der Waals surface area contributed by atoms with Crippen molar-refractivity contribution in [1.29, 1.82) is 0 Å². The summed E-state index contributed by atoms with van der Waals surface area (Å²) in [5.41, 5.74) is 11.1. The molecule has 6 rings (SSSR count). The van der Waals surface area contributed by atoms with Crippen LogP contribution in [0.15, 0.2) is 121 Å². The molecule has 1 radical (unpaired) electrons. The normalized spacial score (nSPS) is 10.9. The van der Waals surface area contributed by atoms with E-state index in [1.54, 1.807) is 0 Å². The largest absolute Gasteiger partial charge is 0.748 e. The third-order valence-electron chi connectivity index (χ3n) is 9.08. The maximum atomic E-state index is 2.43. The van der Waals surface area contributed by atoms with E-state index in [0.717, 1.165) is 0 Å². The topological polar surface area (TPSA) is 0 Å². The van der Waals surface area contributed by atoms with Crippen LogP contribution in [0, 0.1) is 55.4 Å². The Bertz CT molecular complexity index is 1620. The van der Waals surface area contributed by atoms with E-state index in [9.17, 15) is 0 Å². The summed E-state index contributed by atoms with van der Waals surface area (Å²) in [5.74, 6) is 0. The summed E-state index contributed by atoms with van der Waals surface area (Å²) in [6, 6.07) is 44.7. The van der Waals surface area contributed by atoms with Crippen LogP contribution in [0.2, 0.25) is 0 Å². The molecule has 0 saturated heterocycles. The van der Waals surface area contributed by atoms with Crippen LogP contribution in [0.3, 0.4) is 0 Å². The Morgan fingerprint density at radius 2 is 0.756 bits per heavy atom. The van der Waals surface area contributed by atoms with E-state index in [2.05, 4.69) is 146 Å². The van der Waals surface area contributed by atoms with Gasteiger partial charge in [-0.15, -0.1) is 10.6 Å². The summed E-state index contributed by atoms with van der Waals surface area (Å²) >= 11 is 0. The van der Waals surface area contributed by atoms with Crippen molar-refractivity contribution in [2.45, 2.75) is 55.4 Å². The van der Waals surface area contributed by atoms with Gasteiger partial charge in [0, 0.05) is 16.8 Å². The van der Waals surface area contributed by atoms with E-state index in [-0.39, 0.29) is 16.8 Å². The summed E-state index contributed by atoms with van der Waals surface area (Å²) < 4.78 is 0. The van der Waals surface area contributed by atoms with Crippen molar-refractivity contribution in [3.63, 3.8) is 0 Å². The quantitative estimate of drug-likeness (QED) is 0.123. The molecule has 0 saturated carbocycles. The molecular weight excluding hydrogens is 625 g/mol. The van der Waals surface area contributed by atoms with Gasteiger partial charge in [-0.3, -0.25) is 0 Å². The van der Waals surface area contributed by atoms with Crippen LogP contribution in [-0.4, -0.2) is 0 Å². The molecule has 0 aliphatic carbocycles. The summed E-state index contributed by atoms with van der Waals surface area (Å²) in [6.45, 7) is 18.2. The first-order chi connectivity index (χ1) is 21.2. The average molecular weight is 670 g/mol. The van der Waals surface area contributed by atoms with Gasteiger partial charge in [0.25, 0.3) is 0 Å². The molecule has 3 heteroatoms. The van der Waals surface area contributed by atoms with Crippen molar-refractivity contribution < 1.29 is 16.8 Å². The number of hydrogen-bond donors (Lipinski definition) is 0. The van der Waals surface area contributed by atoms with Gasteiger partial charge < -0.3 is 30.3 Å². The average Bonchev–Trinajstić information content (AvgIpc) is 3.74. The molecule has 0 heterocycles. The Hall–Kier alpha value is -3.05. The summed E-state index contributed by atoms with van der Waals surface area (Å²) in [5, 5.41) is 8.90. The third-order valence-corrected chi connectivity index (χ3v) is 14.9. The molecule has 0 unspecified atom stereocenters. The van der Waals surface area contributed by atoms with Crippen molar-refractivity contribution in [3.8, 4) is 0 Å². The standard InChI is InChI=1S/C37H39P2.C5H5.Co/c1-24-14-9-18-32(28(24)5)38(33-19-10-15-25(2)29(33)6)36-22-13-23-37(36)39(34-20-11-16-26(3)30(34)7)35-21-12-17-27(4)31(35)8;1-2-4-5-3-1;/h9-23H,1-8H3;1-5H;/q-1;-5;. The molecule has 0 spiro atoms. The van der Waals surface area contributed by atoms with Crippen LogP contribution in [-0.2, 0) is 16.8 Å². The van der Waals surface area contributed by atoms with E-state index >= 15 is 0 Å². The number of rotatable bonds is 6. The Morgan fingerprint density at radius 1 is 0.422 bits per heavy atom. The van der Waals surface area contributed by atoms with Gasteiger partial charge in [-0.2, -0.15) is 6.07 Å². The molecule has 0 nitrogen and oxygen atoms in total. The minimum atomic E-state index is -0.735. The van der Waals surface area contributed by atoms with Gasteiger partial charge in [-0.05, 0) is 129 Å². The fourth-order valence-electron chi connectivity index (χ4n) is 5.79. The van der Waals surface area contributed by atoms with Gasteiger partial charge in [-0.25, -0.2) is 12.1 Å². The Kier molecular flexibility index (Phi) is 12.0. The van der Waals surface area contributed by atoms with Gasteiger partial charge in [0.2, 0.25) is 0 Å². The minimum Gasteiger partial charge on any atom is -0.748 e. The van der Waals surface area contributed by atoms with E-state index < -0.39 is 15.8 Å². The fraction of sp³-hybridized carbons (Fsp3) is 0.190. The van der Waals surface area contributed by atoms with Crippen LogP contribution >= 0.6 is 15.8 Å². The molecular formula is C42H44CoP2-6. The Labute approximate surface area is 284 Å². The predicted octanol–water partition coefficient (Wildman–Crippen LogP) is 8.79. The first kappa shape index (κ1) is 34.8. The van der Waals surface area contributed by atoms with E-state index in [4.69, 9.17) is 0 Å². The number of hydrogen-bond acceptors (Lipinski definition) is 0. The molecule has 45 heavy (non-hydrogen) atoms. The van der Waals surface area contributed by atoms with Crippen LogP contribution in [0.5, 0.6) is 0 Å². The van der Waals surface area contributed by atoms with Crippen LogP contribution in [0.25, 0.3) is 0 Å². The monoisotopic (exact) mass is 669 g/mol. The van der Waals surface area contributed by atoms with Gasteiger partial charge in [0.1, 0.15) is 0 Å². The zero-order valence-electron chi connectivity index (χ0n) is 27.8.